The summed E-state index contributed by atoms with van der Waals surface area (Å²) >= 11 is 6.14. The van der Waals surface area contributed by atoms with Crippen LogP contribution in [0.3, 0.4) is 0 Å². The molecule has 112 valence electrons. The van der Waals surface area contributed by atoms with E-state index in [0.29, 0.717) is 12.2 Å². The maximum Gasteiger partial charge on any atom is 4.00 e. The maximum atomic E-state index is 6.14. The molecule has 0 bridgehead atoms. The van der Waals surface area contributed by atoms with Gasteiger partial charge in [-0.05, 0) is 18.8 Å². The third-order valence-corrected chi connectivity index (χ3v) is 3.23. The smallest absolute Gasteiger partial charge is 0.689 e. The summed E-state index contributed by atoms with van der Waals surface area (Å²) in [5.74, 6) is 0.732. The second-order valence-electron chi connectivity index (χ2n) is 4.44. The molecule has 0 aliphatic heterocycles. The number of hydrogen-bond donors (Lipinski definition) is 0. The molecule has 0 radical (unpaired) electrons. The van der Waals surface area contributed by atoms with Crippen LogP contribution in [0.1, 0.15) is 19.3 Å². The van der Waals surface area contributed by atoms with Crippen molar-refractivity contribution in [3.05, 3.63) is 23.3 Å². The summed E-state index contributed by atoms with van der Waals surface area (Å²) in [5, 5.41) is 11.7. The van der Waals surface area contributed by atoms with Crippen LogP contribution in [-0.4, -0.2) is 47.5 Å². The van der Waals surface area contributed by atoms with E-state index in [0.717, 1.165) is 5.92 Å². The molecule has 2 atom stereocenters. The van der Waals surface area contributed by atoms with E-state index in [4.69, 9.17) is 11.6 Å². The molecule has 0 N–H and O–H groups in total. The van der Waals surface area contributed by atoms with Gasteiger partial charge in [0.15, 0.2) is 0 Å². The van der Waals surface area contributed by atoms with Gasteiger partial charge in [0.2, 0.25) is 0 Å². The molecule has 1 saturated carbocycles. The van der Waals surface area contributed by atoms with Crippen LogP contribution < -0.4 is 0 Å². The SMILES string of the molecule is C[N-]B(C)CC1CCCC1Cl.C[N-]C.C[N-]C.[CH3-].[Ti+4]. The average molecular weight is 324 g/mol. The van der Waals surface area contributed by atoms with E-state index in [1.54, 1.807) is 28.2 Å². The summed E-state index contributed by atoms with van der Waals surface area (Å²) in [6.07, 6.45) is 5.02. The Kier molecular flexibility index (Phi) is 31.5. The zero-order valence-electron chi connectivity index (χ0n) is 13.8. The summed E-state index contributed by atoms with van der Waals surface area (Å²) in [6, 6.07) is 0. The standard InChI is InChI=1S/C8H16BClN.2C2H6N.CH3.Ti/c1-9(11-2)6-7-4-3-5-8(7)10;2*1-3-2;;/h7-8H,3-6H2,1-2H3;2*1-2H3;1H3;/q4*-1;+4. The van der Waals surface area contributed by atoms with Gasteiger partial charge in [0, 0.05) is 12.2 Å². The van der Waals surface area contributed by atoms with Crippen LogP contribution in [0.4, 0.5) is 0 Å². The van der Waals surface area contributed by atoms with Crippen molar-refractivity contribution in [2.75, 3.05) is 35.2 Å². The van der Waals surface area contributed by atoms with Gasteiger partial charge in [-0.3, -0.25) is 0 Å². The largest absolute Gasteiger partial charge is 4.00 e. The van der Waals surface area contributed by atoms with Gasteiger partial charge < -0.3 is 23.3 Å². The molecule has 0 aromatic carbocycles. The zero-order valence-corrected chi connectivity index (χ0v) is 16.1. The van der Waals surface area contributed by atoms with E-state index in [1.165, 1.54) is 25.6 Å². The van der Waals surface area contributed by atoms with E-state index in [-0.39, 0.29) is 29.1 Å². The Morgan fingerprint density at radius 1 is 1.05 bits per heavy atom. The van der Waals surface area contributed by atoms with Gasteiger partial charge in [-0.25, -0.2) is 0 Å². The monoisotopic (exact) mass is 323 g/mol. The quantitative estimate of drug-likeness (QED) is 0.410. The fourth-order valence-electron chi connectivity index (χ4n) is 1.80. The van der Waals surface area contributed by atoms with Gasteiger partial charge in [-0.1, -0.05) is 12.7 Å². The molecule has 1 aliphatic rings. The van der Waals surface area contributed by atoms with Crippen LogP contribution in [-0.2, 0) is 21.7 Å². The average Bonchev–Trinajstić information content (AvgIpc) is 2.66. The molecule has 0 aromatic rings. The van der Waals surface area contributed by atoms with Crippen molar-refractivity contribution < 1.29 is 21.7 Å². The fourth-order valence-corrected chi connectivity index (χ4v) is 2.18. The molecule has 0 saturated heterocycles. The molecule has 19 heavy (non-hydrogen) atoms. The fraction of sp³-hybridized carbons (Fsp3) is 0.923. The number of halogens is 1. The van der Waals surface area contributed by atoms with Crippen LogP contribution in [0.15, 0.2) is 0 Å². The second-order valence-corrected chi connectivity index (χ2v) is 5.00. The summed E-state index contributed by atoms with van der Waals surface area (Å²) in [5.41, 5.74) is 0. The first-order chi connectivity index (χ1) is 8.06. The van der Waals surface area contributed by atoms with Crippen molar-refractivity contribution >= 4 is 18.4 Å². The summed E-state index contributed by atoms with van der Waals surface area (Å²) < 4.78 is 0. The van der Waals surface area contributed by atoms with Gasteiger partial charge in [0.25, 0.3) is 0 Å². The third-order valence-electron chi connectivity index (χ3n) is 2.65. The van der Waals surface area contributed by atoms with Crippen molar-refractivity contribution in [1.82, 2.24) is 0 Å². The number of alkyl halides is 1. The minimum absolute atomic E-state index is 0. The Hall–Kier alpha value is 0.949. The van der Waals surface area contributed by atoms with E-state index in [1.807, 2.05) is 7.05 Å². The molecule has 0 heterocycles. The first-order valence-electron chi connectivity index (χ1n) is 6.26. The Morgan fingerprint density at radius 2 is 1.47 bits per heavy atom. The van der Waals surface area contributed by atoms with Crippen LogP contribution >= 0.6 is 11.6 Å². The molecule has 1 fully saturated rings. The number of nitrogens with zero attached hydrogens (tertiary/aromatic N) is 3. The molecular formula is C13H31BClN3Ti. The molecule has 3 nitrogen and oxygen atoms in total. The van der Waals surface area contributed by atoms with Crippen LogP contribution in [0.5, 0.6) is 0 Å². The van der Waals surface area contributed by atoms with Gasteiger partial charge in [0.1, 0.15) is 0 Å². The summed E-state index contributed by atoms with van der Waals surface area (Å²) in [4.78, 5) is 0. The van der Waals surface area contributed by atoms with Crippen LogP contribution in [0, 0.1) is 13.3 Å². The van der Waals surface area contributed by atoms with E-state index < -0.39 is 0 Å². The molecule has 1 rings (SSSR count). The van der Waals surface area contributed by atoms with Gasteiger partial charge in [0.05, 0.1) is 0 Å². The van der Waals surface area contributed by atoms with Crippen molar-refractivity contribution in [3.8, 4) is 0 Å². The first-order valence-corrected chi connectivity index (χ1v) is 6.69. The van der Waals surface area contributed by atoms with Crippen LogP contribution in [0.2, 0.25) is 13.1 Å². The Morgan fingerprint density at radius 3 is 1.74 bits per heavy atom. The van der Waals surface area contributed by atoms with Crippen molar-refractivity contribution in [1.29, 1.82) is 0 Å². The maximum absolute atomic E-state index is 6.14. The topological polar surface area (TPSA) is 42.3 Å². The number of hydrogen-bond acceptors (Lipinski definition) is 0. The summed E-state index contributed by atoms with van der Waals surface area (Å²) in [6.45, 7) is 2.67. The Labute approximate surface area is 142 Å². The van der Waals surface area contributed by atoms with E-state index in [9.17, 15) is 0 Å². The summed E-state index contributed by atoms with van der Waals surface area (Å²) in [7, 11) is 8.89. The normalized spacial score (nSPS) is 19.7. The van der Waals surface area contributed by atoms with Gasteiger partial charge >= 0.3 is 21.7 Å². The predicted molar refractivity (Wildman–Crippen MR) is 89.5 cm³/mol. The van der Waals surface area contributed by atoms with Crippen molar-refractivity contribution in [2.45, 2.75) is 37.8 Å². The van der Waals surface area contributed by atoms with Crippen molar-refractivity contribution in [3.63, 3.8) is 0 Å². The Balaban J connectivity index is -0.000000122. The first kappa shape index (κ1) is 28.2. The molecule has 0 spiro atoms. The predicted octanol–water partition coefficient (Wildman–Crippen LogP) is 4.71. The molecule has 0 amide bonds. The molecule has 6 heteroatoms. The minimum atomic E-state index is 0. The second kappa shape index (κ2) is 21.3. The zero-order chi connectivity index (χ0) is 13.7. The van der Waals surface area contributed by atoms with Crippen molar-refractivity contribution in [2.24, 2.45) is 5.92 Å². The number of rotatable bonds is 3. The van der Waals surface area contributed by atoms with Crippen LogP contribution in [0.25, 0.3) is 15.9 Å². The van der Waals surface area contributed by atoms with E-state index in [2.05, 4.69) is 22.7 Å². The third kappa shape index (κ3) is 18.9. The molecule has 0 aromatic heterocycles. The van der Waals surface area contributed by atoms with Gasteiger partial charge in [-0.15, -0.1) is 18.4 Å². The molecular weight excluding hydrogens is 292 g/mol. The van der Waals surface area contributed by atoms with E-state index >= 15 is 0 Å². The molecule has 1 aliphatic carbocycles. The molecule has 2 unspecified atom stereocenters. The Bertz CT molecular complexity index is 154. The van der Waals surface area contributed by atoms with Gasteiger partial charge in [-0.2, -0.15) is 35.2 Å². The minimum Gasteiger partial charge on any atom is -0.689 e.